The fourth-order valence-electron chi connectivity index (χ4n) is 5.38. The Labute approximate surface area is 224 Å². The van der Waals surface area contributed by atoms with E-state index in [0.717, 1.165) is 28.2 Å². The lowest BCUT2D eigenvalue weighted by Crippen LogP contribution is -2.66. The number of hydrogen-bond donors (Lipinski definition) is 2. The lowest BCUT2D eigenvalue weighted by Gasteiger charge is -2.48. The number of guanidine groups is 1. The second-order valence-corrected chi connectivity index (χ2v) is 12.1. The minimum absolute atomic E-state index is 0.0322. The van der Waals surface area contributed by atoms with Crippen LogP contribution in [-0.2, 0) is 22.1 Å². The average Bonchev–Trinajstić information content (AvgIpc) is 3.35. The summed E-state index contributed by atoms with van der Waals surface area (Å²) >= 11 is 0. The molecule has 0 unspecified atom stereocenters. The highest BCUT2D eigenvalue weighted by atomic mass is 32.2. The third kappa shape index (κ3) is 4.40. The summed E-state index contributed by atoms with van der Waals surface area (Å²) in [5.74, 6) is -2.20. The molecule has 13 heteroatoms. The molecule has 2 atom stereocenters. The van der Waals surface area contributed by atoms with Crippen molar-refractivity contribution in [2.75, 3.05) is 25.5 Å². The number of aliphatic imine (C=N–C) groups is 1. The molecule has 3 aromatic rings. The van der Waals surface area contributed by atoms with Crippen LogP contribution in [0.5, 0.6) is 0 Å². The maximum absolute atomic E-state index is 15.6. The molecule has 0 radical (unpaired) electrons. The minimum Gasteiger partial charge on any atom is -0.369 e. The Balaban J connectivity index is 1.55. The smallest absolute Gasteiger partial charge is 0.274 e. The van der Waals surface area contributed by atoms with Gasteiger partial charge in [-0.05, 0) is 55.3 Å². The molecule has 1 spiro atoms. The quantitative estimate of drug-likeness (QED) is 0.494. The van der Waals surface area contributed by atoms with Crippen LogP contribution in [0.2, 0.25) is 0 Å². The van der Waals surface area contributed by atoms with Gasteiger partial charge in [0.1, 0.15) is 27.6 Å². The number of halogens is 2. The van der Waals surface area contributed by atoms with Gasteiger partial charge in [0.25, 0.3) is 5.91 Å². The van der Waals surface area contributed by atoms with Gasteiger partial charge in [-0.25, -0.2) is 31.5 Å². The van der Waals surface area contributed by atoms with Crippen LogP contribution in [0.15, 0.2) is 66.0 Å². The standard InChI is InChI=1S/C26H27F2N7O3S/c1-25(20-12-19(6-7-21(20)28)32-23(36)22-8-5-18(27)14-31-22)26(39(37,38)34(2)24(29)33-25)9-11-35(16-26)15-17-4-3-10-30-13-17/h3-8,10,12-14H,9,11,15-16H2,1-2H3,(H2,29,33)(H,32,36)/t25-,26-/m1/s1. The molecule has 3 N–H and O–H groups in total. The van der Waals surface area contributed by atoms with Crippen molar-refractivity contribution in [3.05, 3.63) is 89.5 Å². The lowest BCUT2D eigenvalue weighted by molar-refractivity contribution is 0.102. The van der Waals surface area contributed by atoms with E-state index in [1.807, 2.05) is 11.0 Å². The van der Waals surface area contributed by atoms with E-state index >= 15 is 4.39 Å². The number of hydrogen-bond acceptors (Lipinski definition) is 8. The number of nitrogens with two attached hydrogens (primary N) is 1. The number of benzene rings is 1. The summed E-state index contributed by atoms with van der Waals surface area (Å²) < 4.78 is 56.2. The van der Waals surface area contributed by atoms with E-state index in [-0.39, 0.29) is 35.9 Å². The Hall–Kier alpha value is -3.97. The molecule has 1 saturated heterocycles. The molecule has 1 aromatic carbocycles. The van der Waals surface area contributed by atoms with E-state index < -0.39 is 37.9 Å². The number of nitrogens with one attached hydrogen (secondary N) is 1. The highest BCUT2D eigenvalue weighted by molar-refractivity contribution is 7.91. The normalized spacial score (nSPS) is 24.5. The number of likely N-dealkylation sites (tertiary alicyclic amines) is 1. The second-order valence-electron chi connectivity index (χ2n) is 9.84. The van der Waals surface area contributed by atoms with Crippen LogP contribution in [0.25, 0.3) is 0 Å². The van der Waals surface area contributed by atoms with Crippen molar-refractivity contribution in [3.63, 3.8) is 0 Å². The van der Waals surface area contributed by atoms with Crippen LogP contribution in [0.1, 0.15) is 35.0 Å². The molecule has 2 aliphatic heterocycles. The maximum atomic E-state index is 15.6. The van der Waals surface area contributed by atoms with Gasteiger partial charge in [-0.15, -0.1) is 0 Å². The summed E-state index contributed by atoms with van der Waals surface area (Å²) in [5, 5.41) is 2.62. The van der Waals surface area contributed by atoms with E-state index in [1.165, 1.54) is 25.2 Å². The Bertz CT molecular complexity index is 1550. The molecule has 39 heavy (non-hydrogen) atoms. The predicted octanol–water partition coefficient (Wildman–Crippen LogP) is 2.46. The monoisotopic (exact) mass is 555 g/mol. The molecular formula is C26H27F2N7O3S. The number of nitrogens with zero attached hydrogens (tertiary/aromatic N) is 5. The first-order valence-corrected chi connectivity index (χ1v) is 13.6. The summed E-state index contributed by atoms with van der Waals surface area (Å²) in [4.78, 5) is 27.1. The summed E-state index contributed by atoms with van der Waals surface area (Å²) in [6.07, 6.45) is 4.45. The summed E-state index contributed by atoms with van der Waals surface area (Å²) in [6.45, 7) is 2.50. The maximum Gasteiger partial charge on any atom is 0.274 e. The van der Waals surface area contributed by atoms with Crippen molar-refractivity contribution in [3.8, 4) is 0 Å². The second kappa shape index (κ2) is 9.65. The Morgan fingerprint density at radius 2 is 1.97 bits per heavy atom. The van der Waals surface area contributed by atoms with Gasteiger partial charge >= 0.3 is 0 Å². The van der Waals surface area contributed by atoms with Crippen LogP contribution >= 0.6 is 0 Å². The number of amides is 1. The third-order valence-electron chi connectivity index (χ3n) is 7.55. The van der Waals surface area contributed by atoms with Gasteiger partial charge in [-0.3, -0.25) is 14.7 Å². The van der Waals surface area contributed by atoms with Gasteiger partial charge in [0, 0.05) is 50.3 Å². The number of anilines is 1. The van der Waals surface area contributed by atoms with Gasteiger partial charge in [-0.1, -0.05) is 6.07 Å². The molecule has 0 bridgehead atoms. The highest BCUT2D eigenvalue weighted by Gasteiger charge is 2.66. The zero-order valence-electron chi connectivity index (χ0n) is 21.3. The molecule has 5 rings (SSSR count). The number of carbonyl (C=O) groups is 1. The molecule has 0 aliphatic carbocycles. The van der Waals surface area contributed by atoms with Crippen molar-refractivity contribution < 1.29 is 22.0 Å². The van der Waals surface area contributed by atoms with Crippen LogP contribution < -0.4 is 11.1 Å². The number of carbonyl (C=O) groups excluding carboxylic acids is 1. The molecule has 2 aromatic heterocycles. The van der Waals surface area contributed by atoms with Crippen molar-refractivity contribution >= 4 is 27.6 Å². The minimum atomic E-state index is -4.11. The van der Waals surface area contributed by atoms with E-state index in [9.17, 15) is 17.6 Å². The molecule has 4 heterocycles. The topological polar surface area (TPSA) is 134 Å². The summed E-state index contributed by atoms with van der Waals surface area (Å²) in [7, 11) is -2.78. The van der Waals surface area contributed by atoms with Crippen LogP contribution in [0, 0.1) is 11.6 Å². The molecule has 1 fully saturated rings. The fraction of sp³-hybridized carbons (Fsp3) is 0.308. The van der Waals surface area contributed by atoms with Gasteiger partial charge in [0.15, 0.2) is 0 Å². The molecule has 2 aliphatic rings. The molecule has 204 valence electrons. The van der Waals surface area contributed by atoms with Crippen molar-refractivity contribution in [1.82, 2.24) is 19.2 Å². The van der Waals surface area contributed by atoms with Crippen LogP contribution in [0.4, 0.5) is 14.5 Å². The first-order chi connectivity index (χ1) is 18.5. The van der Waals surface area contributed by atoms with E-state index in [1.54, 1.807) is 25.4 Å². The van der Waals surface area contributed by atoms with Crippen molar-refractivity contribution in [1.29, 1.82) is 0 Å². The van der Waals surface area contributed by atoms with Gasteiger partial charge in [0.2, 0.25) is 16.0 Å². The van der Waals surface area contributed by atoms with Crippen molar-refractivity contribution in [2.24, 2.45) is 10.7 Å². The zero-order valence-corrected chi connectivity index (χ0v) is 22.1. The molecule has 1 amide bonds. The van der Waals surface area contributed by atoms with Gasteiger partial charge in [0.05, 0.1) is 6.20 Å². The van der Waals surface area contributed by atoms with E-state index in [4.69, 9.17) is 5.73 Å². The summed E-state index contributed by atoms with van der Waals surface area (Å²) in [5.41, 5.74) is 5.46. The highest BCUT2D eigenvalue weighted by Crippen LogP contribution is 2.52. The average molecular weight is 556 g/mol. The van der Waals surface area contributed by atoms with Crippen LogP contribution in [0.3, 0.4) is 0 Å². The SMILES string of the molecule is CN1C(N)=N[C@](C)(c2cc(NC(=O)c3ccc(F)cn3)ccc2F)[C@]2(CCN(Cc3cccnc3)C2)S1(=O)=O. The third-order valence-corrected chi connectivity index (χ3v) is 10.2. The Morgan fingerprint density at radius 3 is 2.67 bits per heavy atom. The lowest BCUT2D eigenvalue weighted by atomic mass is 9.78. The van der Waals surface area contributed by atoms with Gasteiger partial charge < -0.3 is 11.1 Å². The summed E-state index contributed by atoms with van der Waals surface area (Å²) in [6, 6.07) is 9.86. The number of sulfonamides is 1. The number of pyridine rings is 2. The molecule has 0 saturated carbocycles. The zero-order chi connectivity index (χ0) is 28.0. The van der Waals surface area contributed by atoms with Crippen molar-refractivity contribution in [2.45, 2.75) is 30.2 Å². The van der Waals surface area contributed by atoms with E-state index in [0.29, 0.717) is 13.1 Å². The molecule has 10 nitrogen and oxygen atoms in total. The Kier molecular flexibility index (Phi) is 6.59. The Morgan fingerprint density at radius 1 is 1.18 bits per heavy atom. The largest absolute Gasteiger partial charge is 0.369 e. The fourth-order valence-corrected chi connectivity index (χ4v) is 7.54. The van der Waals surface area contributed by atoms with Gasteiger partial charge in [-0.2, -0.15) is 0 Å². The number of aromatic nitrogens is 2. The predicted molar refractivity (Wildman–Crippen MR) is 141 cm³/mol. The first kappa shape index (κ1) is 26.6. The van der Waals surface area contributed by atoms with E-state index in [2.05, 4.69) is 20.3 Å². The molecular weight excluding hydrogens is 528 g/mol. The number of rotatable bonds is 5. The first-order valence-electron chi connectivity index (χ1n) is 12.1. The van der Waals surface area contributed by atoms with Crippen LogP contribution in [-0.4, -0.2) is 64.3 Å².